The second-order valence-corrected chi connectivity index (χ2v) is 4.80. The lowest BCUT2D eigenvalue weighted by Crippen LogP contribution is -2.03. The molecule has 1 atom stereocenters. The smallest absolute Gasteiger partial charge is 0.327 e. The Balaban J connectivity index is 2.37. The molecule has 0 aromatic rings. The second kappa shape index (κ2) is 8.46. The van der Waals surface area contributed by atoms with Gasteiger partial charge in [0, 0.05) is 17.6 Å². The summed E-state index contributed by atoms with van der Waals surface area (Å²) in [5.41, 5.74) is 0.927. The molecule has 1 unspecified atom stereocenters. The molecule has 0 aliphatic heterocycles. The van der Waals surface area contributed by atoms with Gasteiger partial charge in [0.2, 0.25) is 0 Å². The summed E-state index contributed by atoms with van der Waals surface area (Å²) in [6.07, 6.45) is 14.3. The zero-order chi connectivity index (χ0) is 14.1. The number of ketones is 1. The normalized spacial score (nSPS) is 20.8. The van der Waals surface area contributed by atoms with Gasteiger partial charge in [-0.2, -0.15) is 0 Å². The molecule has 0 saturated heterocycles. The highest BCUT2D eigenvalue weighted by Crippen LogP contribution is 2.27. The first-order valence-corrected chi connectivity index (χ1v) is 6.97. The summed E-state index contributed by atoms with van der Waals surface area (Å²) in [5.74, 6) is -0.475. The quantitative estimate of drug-likeness (QED) is 0.536. The van der Waals surface area contributed by atoms with E-state index in [2.05, 4.69) is 6.92 Å². The maximum atomic E-state index is 11.7. The Kier molecular flexibility index (Phi) is 6.86. The molecule has 1 rings (SSSR count). The lowest BCUT2D eigenvalue weighted by molar-refractivity contribution is -0.131. The Morgan fingerprint density at radius 2 is 2.16 bits per heavy atom. The second-order valence-electron chi connectivity index (χ2n) is 4.80. The van der Waals surface area contributed by atoms with Gasteiger partial charge in [-0.1, -0.05) is 38.0 Å². The van der Waals surface area contributed by atoms with Crippen molar-refractivity contribution in [3.63, 3.8) is 0 Å². The van der Waals surface area contributed by atoms with Crippen LogP contribution < -0.4 is 0 Å². The van der Waals surface area contributed by atoms with Crippen LogP contribution in [0, 0.1) is 5.92 Å². The van der Waals surface area contributed by atoms with Gasteiger partial charge in [-0.05, 0) is 31.8 Å². The zero-order valence-corrected chi connectivity index (χ0v) is 11.5. The standard InChI is InChI=1S/C16H22O3/c1-2-3-8-13-11-12-15(17)14(13)9-6-4-5-7-10-16(18)19/h7,9-13H,2-6,8H2,1H3,(H,18,19). The minimum atomic E-state index is -0.909. The van der Waals surface area contributed by atoms with E-state index in [1.807, 2.05) is 12.2 Å². The number of allylic oxidation sites excluding steroid dienone is 5. The fourth-order valence-electron chi connectivity index (χ4n) is 2.19. The summed E-state index contributed by atoms with van der Waals surface area (Å²) in [6, 6.07) is 0. The number of carboxylic acids is 1. The van der Waals surface area contributed by atoms with Crippen LogP contribution in [0.3, 0.4) is 0 Å². The summed E-state index contributed by atoms with van der Waals surface area (Å²) in [5, 5.41) is 8.44. The highest BCUT2D eigenvalue weighted by molar-refractivity contribution is 6.07. The summed E-state index contributed by atoms with van der Waals surface area (Å²) in [7, 11) is 0. The number of carbonyl (C=O) groups is 2. The third-order valence-electron chi connectivity index (χ3n) is 3.23. The van der Waals surface area contributed by atoms with Crippen molar-refractivity contribution in [2.75, 3.05) is 0 Å². The molecular weight excluding hydrogens is 240 g/mol. The molecular formula is C16H22O3. The number of carboxylic acid groups (broad SMARTS) is 1. The largest absolute Gasteiger partial charge is 0.478 e. The van der Waals surface area contributed by atoms with Gasteiger partial charge in [-0.25, -0.2) is 4.79 Å². The third-order valence-corrected chi connectivity index (χ3v) is 3.23. The third kappa shape index (κ3) is 5.69. The maximum Gasteiger partial charge on any atom is 0.327 e. The van der Waals surface area contributed by atoms with Gasteiger partial charge in [-0.15, -0.1) is 0 Å². The molecule has 0 saturated carbocycles. The van der Waals surface area contributed by atoms with Gasteiger partial charge in [0.25, 0.3) is 0 Å². The fourth-order valence-corrected chi connectivity index (χ4v) is 2.19. The number of hydrogen-bond donors (Lipinski definition) is 1. The topological polar surface area (TPSA) is 54.4 Å². The molecule has 19 heavy (non-hydrogen) atoms. The van der Waals surface area contributed by atoms with Gasteiger partial charge in [0.15, 0.2) is 5.78 Å². The minimum Gasteiger partial charge on any atom is -0.478 e. The van der Waals surface area contributed by atoms with Gasteiger partial charge in [0.1, 0.15) is 0 Å². The number of carbonyl (C=O) groups excluding carboxylic acids is 1. The SMILES string of the molecule is CCCCC1C=CC(=O)C1=CCCCC=CC(=O)O. The van der Waals surface area contributed by atoms with Gasteiger partial charge in [0.05, 0.1) is 0 Å². The van der Waals surface area contributed by atoms with Crippen molar-refractivity contribution in [3.05, 3.63) is 36.0 Å². The van der Waals surface area contributed by atoms with E-state index in [1.165, 1.54) is 6.08 Å². The predicted octanol–water partition coefficient (Wildman–Crippen LogP) is 3.67. The Morgan fingerprint density at radius 1 is 1.37 bits per heavy atom. The fraction of sp³-hybridized carbons (Fsp3) is 0.500. The van der Waals surface area contributed by atoms with E-state index < -0.39 is 5.97 Å². The first-order valence-electron chi connectivity index (χ1n) is 6.97. The molecule has 0 fully saturated rings. The lowest BCUT2D eigenvalue weighted by Gasteiger charge is -2.09. The molecule has 0 bridgehead atoms. The van der Waals surface area contributed by atoms with E-state index in [0.29, 0.717) is 5.92 Å². The van der Waals surface area contributed by atoms with E-state index in [-0.39, 0.29) is 5.78 Å². The molecule has 0 aromatic heterocycles. The van der Waals surface area contributed by atoms with Crippen LogP contribution in [-0.2, 0) is 9.59 Å². The van der Waals surface area contributed by atoms with Crippen LogP contribution in [-0.4, -0.2) is 16.9 Å². The van der Waals surface area contributed by atoms with E-state index in [4.69, 9.17) is 5.11 Å². The van der Waals surface area contributed by atoms with Crippen molar-refractivity contribution in [2.45, 2.75) is 45.4 Å². The first-order chi connectivity index (χ1) is 9.15. The minimum absolute atomic E-state index is 0.141. The maximum absolute atomic E-state index is 11.7. The van der Waals surface area contributed by atoms with Crippen molar-refractivity contribution < 1.29 is 14.7 Å². The number of rotatable bonds is 8. The van der Waals surface area contributed by atoms with E-state index in [9.17, 15) is 9.59 Å². The van der Waals surface area contributed by atoms with Crippen LogP contribution in [0.4, 0.5) is 0 Å². The van der Waals surface area contributed by atoms with E-state index in [1.54, 1.807) is 12.2 Å². The van der Waals surface area contributed by atoms with Crippen molar-refractivity contribution in [2.24, 2.45) is 5.92 Å². The molecule has 1 aliphatic carbocycles. The zero-order valence-electron chi connectivity index (χ0n) is 11.5. The number of hydrogen-bond acceptors (Lipinski definition) is 2. The van der Waals surface area contributed by atoms with Crippen LogP contribution >= 0.6 is 0 Å². The summed E-state index contributed by atoms with van der Waals surface area (Å²) in [6.45, 7) is 2.15. The molecule has 0 heterocycles. The predicted molar refractivity (Wildman–Crippen MR) is 75.9 cm³/mol. The van der Waals surface area contributed by atoms with Crippen molar-refractivity contribution in [3.8, 4) is 0 Å². The average molecular weight is 262 g/mol. The average Bonchev–Trinajstić information content (AvgIpc) is 2.72. The van der Waals surface area contributed by atoms with Crippen LogP contribution in [0.1, 0.15) is 45.4 Å². The Labute approximate surface area is 114 Å². The highest BCUT2D eigenvalue weighted by Gasteiger charge is 2.21. The van der Waals surface area contributed by atoms with Crippen molar-refractivity contribution in [1.29, 1.82) is 0 Å². The summed E-state index contributed by atoms with van der Waals surface area (Å²) < 4.78 is 0. The molecule has 1 N–H and O–H groups in total. The highest BCUT2D eigenvalue weighted by atomic mass is 16.4. The van der Waals surface area contributed by atoms with Crippen molar-refractivity contribution in [1.82, 2.24) is 0 Å². The molecule has 0 spiro atoms. The Bertz CT molecular complexity index is 402. The van der Waals surface area contributed by atoms with Crippen molar-refractivity contribution >= 4 is 11.8 Å². The van der Waals surface area contributed by atoms with Crippen LogP contribution in [0.15, 0.2) is 36.0 Å². The monoisotopic (exact) mass is 262 g/mol. The Hall–Kier alpha value is -1.64. The van der Waals surface area contributed by atoms with Gasteiger partial charge < -0.3 is 5.11 Å². The molecule has 0 amide bonds. The lowest BCUT2D eigenvalue weighted by atomic mass is 9.95. The molecule has 1 aliphatic rings. The van der Waals surface area contributed by atoms with Crippen LogP contribution in [0.2, 0.25) is 0 Å². The van der Waals surface area contributed by atoms with Gasteiger partial charge in [-0.3, -0.25) is 4.79 Å². The van der Waals surface area contributed by atoms with Crippen LogP contribution in [0.25, 0.3) is 0 Å². The van der Waals surface area contributed by atoms with Crippen LogP contribution in [0.5, 0.6) is 0 Å². The Morgan fingerprint density at radius 3 is 2.84 bits per heavy atom. The number of unbranched alkanes of at least 4 members (excludes halogenated alkanes) is 3. The first kappa shape index (κ1) is 15.4. The number of aliphatic carboxylic acids is 1. The molecule has 3 heteroatoms. The van der Waals surface area contributed by atoms with E-state index in [0.717, 1.165) is 44.1 Å². The molecule has 0 radical (unpaired) electrons. The molecule has 0 aromatic carbocycles. The summed E-state index contributed by atoms with van der Waals surface area (Å²) in [4.78, 5) is 22.0. The summed E-state index contributed by atoms with van der Waals surface area (Å²) >= 11 is 0. The molecule has 104 valence electrons. The van der Waals surface area contributed by atoms with Gasteiger partial charge >= 0.3 is 5.97 Å². The van der Waals surface area contributed by atoms with E-state index >= 15 is 0 Å². The molecule has 3 nitrogen and oxygen atoms in total.